The maximum absolute atomic E-state index is 11.7. The highest BCUT2D eigenvalue weighted by molar-refractivity contribution is 5.73. The van der Waals surface area contributed by atoms with Crippen LogP contribution in [0.3, 0.4) is 0 Å². The highest BCUT2D eigenvalue weighted by Gasteiger charge is 2.18. The highest BCUT2D eigenvalue weighted by atomic mass is 16.5. The molecule has 0 spiro atoms. The van der Waals surface area contributed by atoms with Crippen LogP contribution in [0.2, 0.25) is 0 Å². The van der Waals surface area contributed by atoms with Gasteiger partial charge in [0, 0.05) is 6.54 Å². The van der Waals surface area contributed by atoms with Crippen LogP contribution < -0.4 is 5.73 Å². The Balaban J connectivity index is 2.62. The van der Waals surface area contributed by atoms with Crippen molar-refractivity contribution in [3.63, 3.8) is 0 Å². The van der Waals surface area contributed by atoms with Crippen molar-refractivity contribution in [1.82, 2.24) is 0 Å². The fourth-order valence-corrected chi connectivity index (χ4v) is 2.09. The Hall–Kier alpha value is -1.35. The van der Waals surface area contributed by atoms with E-state index in [2.05, 4.69) is 38.1 Å². The quantitative estimate of drug-likeness (QED) is 0.769. The van der Waals surface area contributed by atoms with Crippen molar-refractivity contribution < 1.29 is 9.53 Å². The molecule has 19 heavy (non-hydrogen) atoms. The summed E-state index contributed by atoms with van der Waals surface area (Å²) in [7, 11) is 0. The van der Waals surface area contributed by atoms with Gasteiger partial charge in [0.15, 0.2) is 0 Å². The van der Waals surface area contributed by atoms with Crippen molar-refractivity contribution in [3.05, 3.63) is 35.4 Å². The minimum Gasteiger partial charge on any atom is -0.466 e. The van der Waals surface area contributed by atoms with Crippen molar-refractivity contribution in [2.24, 2.45) is 17.6 Å². The van der Waals surface area contributed by atoms with Crippen LogP contribution in [0, 0.1) is 11.8 Å². The minimum absolute atomic E-state index is 0.198. The smallest absolute Gasteiger partial charge is 0.310 e. The third-order valence-corrected chi connectivity index (χ3v) is 3.05. The topological polar surface area (TPSA) is 52.3 Å². The van der Waals surface area contributed by atoms with Crippen LogP contribution in [-0.4, -0.2) is 19.1 Å². The number of rotatable bonds is 7. The third-order valence-electron chi connectivity index (χ3n) is 3.05. The first-order valence-corrected chi connectivity index (χ1v) is 7.01. The SMILES string of the molecule is CCOC(=O)C(CN)Cc1ccc(CC(C)C)cc1. The highest BCUT2D eigenvalue weighted by Crippen LogP contribution is 2.13. The van der Waals surface area contributed by atoms with E-state index in [-0.39, 0.29) is 11.9 Å². The fraction of sp³-hybridized carbons (Fsp3) is 0.562. The number of nitrogens with two attached hydrogens (primary N) is 1. The monoisotopic (exact) mass is 263 g/mol. The minimum atomic E-state index is -0.240. The Morgan fingerprint density at radius 2 is 1.68 bits per heavy atom. The molecule has 0 bridgehead atoms. The number of hydrogen-bond acceptors (Lipinski definition) is 3. The molecular weight excluding hydrogens is 238 g/mol. The number of benzene rings is 1. The van der Waals surface area contributed by atoms with E-state index >= 15 is 0 Å². The van der Waals surface area contributed by atoms with Crippen LogP contribution in [0.5, 0.6) is 0 Å². The lowest BCUT2D eigenvalue weighted by molar-refractivity contribution is -0.147. The van der Waals surface area contributed by atoms with Gasteiger partial charge in [-0.05, 0) is 36.8 Å². The fourth-order valence-electron chi connectivity index (χ4n) is 2.09. The van der Waals surface area contributed by atoms with Gasteiger partial charge in [-0.2, -0.15) is 0 Å². The summed E-state index contributed by atoms with van der Waals surface area (Å²) in [4.78, 5) is 11.7. The number of carbonyl (C=O) groups is 1. The zero-order valence-corrected chi connectivity index (χ0v) is 12.2. The van der Waals surface area contributed by atoms with Crippen molar-refractivity contribution >= 4 is 5.97 Å². The Labute approximate surface area is 116 Å². The molecule has 0 heterocycles. The number of ether oxygens (including phenoxy) is 1. The van der Waals surface area contributed by atoms with Gasteiger partial charge in [0.1, 0.15) is 0 Å². The first-order valence-electron chi connectivity index (χ1n) is 7.01. The summed E-state index contributed by atoms with van der Waals surface area (Å²) >= 11 is 0. The van der Waals surface area contributed by atoms with Crippen LogP contribution in [0.1, 0.15) is 31.9 Å². The molecule has 0 fully saturated rings. The number of carbonyl (C=O) groups excluding carboxylic acids is 1. The first kappa shape index (κ1) is 15.7. The maximum Gasteiger partial charge on any atom is 0.310 e. The Kier molecular flexibility index (Phi) is 6.57. The largest absolute Gasteiger partial charge is 0.466 e. The molecule has 0 saturated heterocycles. The lowest BCUT2D eigenvalue weighted by atomic mass is 9.96. The molecule has 1 aromatic rings. The van der Waals surface area contributed by atoms with Crippen LogP contribution >= 0.6 is 0 Å². The normalized spacial score (nSPS) is 12.5. The van der Waals surface area contributed by atoms with E-state index in [1.54, 1.807) is 0 Å². The van der Waals surface area contributed by atoms with Gasteiger partial charge < -0.3 is 10.5 Å². The number of hydrogen-bond donors (Lipinski definition) is 1. The molecule has 3 nitrogen and oxygen atoms in total. The van der Waals surface area contributed by atoms with Crippen molar-refractivity contribution in [3.8, 4) is 0 Å². The van der Waals surface area contributed by atoms with Gasteiger partial charge in [-0.1, -0.05) is 38.1 Å². The molecule has 0 radical (unpaired) electrons. The van der Waals surface area contributed by atoms with Gasteiger partial charge >= 0.3 is 5.97 Å². The van der Waals surface area contributed by atoms with Crippen LogP contribution in [0.15, 0.2) is 24.3 Å². The maximum atomic E-state index is 11.7. The summed E-state index contributed by atoms with van der Waals surface area (Å²) in [5.41, 5.74) is 8.11. The molecule has 0 aromatic heterocycles. The van der Waals surface area contributed by atoms with E-state index < -0.39 is 0 Å². The zero-order chi connectivity index (χ0) is 14.3. The van der Waals surface area contributed by atoms with Crippen LogP contribution in [0.25, 0.3) is 0 Å². The molecule has 1 atom stereocenters. The van der Waals surface area contributed by atoms with Gasteiger partial charge in [-0.25, -0.2) is 0 Å². The van der Waals surface area contributed by atoms with E-state index in [9.17, 15) is 4.79 Å². The second kappa shape index (κ2) is 7.95. The summed E-state index contributed by atoms with van der Waals surface area (Å²) in [6.07, 6.45) is 1.73. The van der Waals surface area contributed by atoms with Gasteiger partial charge in [0.25, 0.3) is 0 Å². The summed E-state index contributed by atoms with van der Waals surface area (Å²) < 4.78 is 5.02. The molecule has 0 aliphatic rings. The molecule has 0 aliphatic heterocycles. The predicted molar refractivity (Wildman–Crippen MR) is 77.9 cm³/mol. The summed E-state index contributed by atoms with van der Waals surface area (Å²) in [5, 5.41) is 0. The first-order chi connectivity index (χ1) is 9.06. The van der Waals surface area contributed by atoms with Gasteiger partial charge in [0.2, 0.25) is 0 Å². The van der Waals surface area contributed by atoms with E-state index in [0.717, 1.165) is 12.0 Å². The molecule has 1 unspecified atom stereocenters. The molecule has 106 valence electrons. The lowest BCUT2D eigenvalue weighted by Gasteiger charge is -2.14. The van der Waals surface area contributed by atoms with Gasteiger partial charge in [0.05, 0.1) is 12.5 Å². The second-order valence-electron chi connectivity index (χ2n) is 5.30. The third kappa shape index (κ3) is 5.43. The second-order valence-corrected chi connectivity index (χ2v) is 5.30. The summed E-state index contributed by atoms with van der Waals surface area (Å²) in [6.45, 7) is 6.96. The van der Waals surface area contributed by atoms with Crippen molar-refractivity contribution in [2.75, 3.05) is 13.2 Å². The molecular formula is C16H25NO2. The van der Waals surface area contributed by atoms with Crippen LogP contribution in [0.4, 0.5) is 0 Å². The molecule has 0 aliphatic carbocycles. The van der Waals surface area contributed by atoms with E-state index in [0.29, 0.717) is 25.5 Å². The van der Waals surface area contributed by atoms with E-state index in [1.807, 2.05) is 6.92 Å². The standard InChI is InChI=1S/C16H25NO2/c1-4-19-16(18)15(11-17)10-14-7-5-13(6-8-14)9-12(2)3/h5-8,12,15H,4,9-11,17H2,1-3H3. The Bertz CT molecular complexity index is 384. The Morgan fingerprint density at radius 3 is 2.11 bits per heavy atom. The molecule has 3 heteroatoms. The zero-order valence-electron chi connectivity index (χ0n) is 12.2. The molecule has 2 N–H and O–H groups in total. The van der Waals surface area contributed by atoms with Crippen molar-refractivity contribution in [1.29, 1.82) is 0 Å². The average Bonchev–Trinajstić information content (AvgIpc) is 2.37. The Morgan fingerprint density at radius 1 is 1.16 bits per heavy atom. The summed E-state index contributed by atoms with van der Waals surface area (Å²) in [6, 6.07) is 8.43. The predicted octanol–water partition coefficient (Wildman–Crippen LogP) is 2.57. The molecule has 1 rings (SSSR count). The lowest BCUT2D eigenvalue weighted by Crippen LogP contribution is -2.27. The molecule has 1 aromatic carbocycles. The van der Waals surface area contributed by atoms with E-state index in [1.165, 1.54) is 5.56 Å². The molecule has 0 saturated carbocycles. The average molecular weight is 263 g/mol. The number of esters is 1. The summed E-state index contributed by atoms with van der Waals surface area (Å²) in [5.74, 6) is 0.217. The van der Waals surface area contributed by atoms with Gasteiger partial charge in [-0.3, -0.25) is 4.79 Å². The van der Waals surface area contributed by atoms with E-state index in [4.69, 9.17) is 10.5 Å². The molecule has 0 amide bonds. The van der Waals surface area contributed by atoms with Crippen molar-refractivity contribution in [2.45, 2.75) is 33.6 Å². The van der Waals surface area contributed by atoms with Gasteiger partial charge in [-0.15, -0.1) is 0 Å². The van der Waals surface area contributed by atoms with Crippen LogP contribution in [-0.2, 0) is 22.4 Å².